The lowest BCUT2D eigenvalue weighted by Crippen LogP contribution is -1.87. The zero-order valence-corrected chi connectivity index (χ0v) is 15.9. The monoisotopic (exact) mass is 340 g/mol. The Morgan fingerprint density at radius 1 is 0.739 bits per heavy atom. The van der Waals surface area contributed by atoms with Crippen LogP contribution in [-0.4, -0.2) is 10.2 Å². The summed E-state index contributed by atoms with van der Waals surface area (Å²) >= 11 is 4.86. The van der Waals surface area contributed by atoms with E-state index in [0.717, 1.165) is 18.7 Å². The molecule has 0 saturated heterocycles. The van der Waals surface area contributed by atoms with E-state index in [1.54, 1.807) is 0 Å². The summed E-state index contributed by atoms with van der Waals surface area (Å²) in [5, 5.41) is 6.69. The highest BCUT2D eigenvalue weighted by Gasteiger charge is 1.99. The Morgan fingerprint density at radius 3 is 1.57 bits per heavy atom. The molecule has 0 unspecified atom stereocenters. The van der Waals surface area contributed by atoms with Gasteiger partial charge < -0.3 is 4.42 Å². The zero-order valence-electron chi connectivity index (χ0n) is 15.1. The average molecular weight is 341 g/mol. The molecule has 1 heterocycles. The summed E-state index contributed by atoms with van der Waals surface area (Å²) in [7, 11) is 0. The third-order valence-electron chi connectivity index (χ3n) is 4.48. The van der Waals surface area contributed by atoms with Gasteiger partial charge in [-0.2, -0.15) is 0 Å². The first-order chi connectivity index (χ1) is 11.3. The van der Waals surface area contributed by atoms with Gasteiger partial charge in [0.25, 0.3) is 4.84 Å². The highest BCUT2D eigenvalue weighted by Crippen LogP contribution is 2.13. The first kappa shape index (κ1) is 20.4. The second kappa shape index (κ2) is 14.9. The Morgan fingerprint density at radius 2 is 1.17 bits per heavy atom. The van der Waals surface area contributed by atoms with Gasteiger partial charge in [0.1, 0.15) is 0 Å². The predicted octanol–water partition coefficient (Wildman–Crippen LogP) is 7.15. The number of hydrogen-bond donors (Lipinski definition) is 1. The molecule has 0 bridgehead atoms. The Balaban J connectivity index is 1.72. The number of aromatic amines is 1. The van der Waals surface area contributed by atoms with Crippen molar-refractivity contribution in [1.29, 1.82) is 0 Å². The van der Waals surface area contributed by atoms with E-state index in [4.69, 9.17) is 16.6 Å². The maximum Gasteiger partial charge on any atom is 0.284 e. The van der Waals surface area contributed by atoms with E-state index in [0.29, 0.717) is 4.84 Å². The molecule has 0 aromatic carbocycles. The van der Waals surface area contributed by atoms with Crippen molar-refractivity contribution in [2.45, 2.75) is 110 Å². The van der Waals surface area contributed by atoms with Crippen molar-refractivity contribution in [2.75, 3.05) is 0 Å². The Labute approximate surface area is 147 Å². The molecule has 1 aromatic rings. The summed E-state index contributed by atoms with van der Waals surface area (Å²) in [6.45, 7) is 2.28. The van der Waals surface area contributed by atoms with Gasteiger partial charge in [0.15, 0.2) is 0 Å². The predicted molar refractivity (Wildman–Crippen MR) is 100 cm³/mol. The van der Waals surface area contributed by atoms with E-state index in [1.165, 1.54) is 89.9 Å². The molecule has 0 atom stereocenters. The maximum atomic E-state index is 5.25. The Bertz CT molecular complexity index is 414. The highest BCUT2D eigenvalue weighted by molar-refractivity contribution is 7.71. The molecule has 0 aliphatic heterocycles. The molecule has 0 spiro atoms. The summed E-state index contributed by atoms with van der Waals surface area (Å²) in [5.41, 5.74) is 0. The van der Waals surface area contributed by atoms with Crippen molar-refractivity contribution in [1.82, 2.24) is 10.2 Å². The number of hydrogen-bond acceptors (Lipinski definition) is 3. The summed E-state index contributed by atoms with van der Waals surface area (Å²) in [5.74, 6) is 0.754. The van der Waals surface area contributed by atoms with Gasteiger partial charge in [-0.3, -0.25) is 0 Å². The van der Waals surface area contributed by atoms with Crippen LogP contribution in [0.4, 0.5) is 0 Å². The molecule has 23 heavy (non-hydrogen) atoms. The van der Waals surface area contributed by atoms with E-state index in [-0.39, 0.29) is 0 Å². The van der Waals surface area contributed by atoms with Crippen molar-refractivity contribution in [3.8, 4) is 0 Å². The molecule has 0 fully saturated rings. The molecule has 0 aliphatic rings. The van der Waals surface area contributed by atoms with E-state index < -0.39 is 0 Å². The molecule has 1 N–H and O–H groups in total. The van der Waals surface area contributed by atoms with Gasteiger partial charge >= 0.3 is 0 Å². The van der Waals surface area contributed by atoms with Crippen molar-refractivity contribution in [3.05, 3.63) is 10.7 Å². The molecular formula is C19H36N2OS. The van der Waals surface area contributed by atoms with Gasteiger partial charge in [0.05, 0.1) is 0 Å². The van der Waals surface area contributed by atoms with Gasteiger partial charge in [0, 0.05) is 6.42 Å². The molecule has 0 radical (unpaired) electrons. The second-order valence-corrected chi connectivity index (χ2v) is 7.08. The number of rotatable bonds is 16. The fraction of sp³-hybridized carbons (Fsp3) is 0.895. The van der Waals surface area contributed by atoms with Crippen molar-refractivity contribution in [3.63, 3.8) is 0 Å². The number of aromatic nitrogens is 2. The summed E-state index contributed by atoms with van der Waals surface area (Å²) in [6, 6.07) is 0. The van der Waals surface area contributed by atoms with E-state index in [1.807, 2.05) is 0 Å². The minimum Gasteiger partial charge on any atom is -0.414 e. The van der Waals surface area contributed by atoms with Crippen LogP contribution in [0, 0.1) is 4.84 Å². The highest BCUT2D eigenvalue weighted by atomic mass is 32.1. The minimum atomic E-state index is 0.390. The fourth-order valence-corrected chi connectivity index (χ4v) is 3.16. The van der Waals surface area contributed by atoms with Crippen LogP contribution in [0.2, 0.25) is 0 Å². The molecule has 0 amide bonds. The van der Waals surface area contributed by atoms with Crippen LogP contribution in [0.1, 0.15) is 109 Å². The number of nitrogens with zero attached hydrogens (tertiary/aromatic N) is 1. The maximum absolute atomic E-state index is 5.25. The number of H-pyrrole nitrogens is 1. The van der Waals surface area contributed by atoms with Crippen molar-refractivity contribution in [2.24, 2.45) is 0 Å². The molecule has 0 saturated carbocycles. The van der Waals surface area contributed by atoms with Crippen molar-refractivity contribution < 1.29 is 4.42 Å². The average Bonchev–Trinajstić information content (AvgIpc) is 2.96. The van der Waals surface area contributed by atoms with Gasteiger partial charge in [-0.1, -0.05) is 96.8 Å². The summed E-state index contributed by atoms with van der Waals surface area (Å²) in [6.07, 6.45) is 21.8. The van der Waals surface area contributed by atoms with E-state index >= 15 is 0 Å². The zero-order chi connectivity index (χ0) is 16.6. The van der Waals surface area contributed by atoms with Gasteiger partial charge in [-0.15, -0.1) is 5.10 Å². The molecule has 4 heteroatoms. The molecule has 3 nitrogen and oxygen atoms in total. The standard InChI is InChI=1S/C19H36N2OS/c1-2-3-4-5-6-7-8-9-10-11-12-13-14-15-16-17-18-20-21-19(23)22-18/h2-17H2,1H3,(H,21,23). The number of aryl methyl sites for hydroxylation is 1. The Kier molecular flexibility index (Phi) is 13.2. The van der Waals surface area contributed by atoms with Gasteiger partial charge in [-0.05, 0) is 18.6 Å². The smallest absolute Gasteiger partial charge is 0.284 e. The normalized spacial score (nSPS) is 11.2. The lowest BCUT2D eigenvalue weighted by atomic mass is 10.0. The van der Waals surface area contributed by atoms with Crippen LogP contribution in [0.5, 0.6) is 0 Å². The first-order valence-corrected chi connectivity index (χ1v) is 10.3. The van der Waals surface area contributed by atoms with E-state index in [2.05, 4.69) is 17.1 Å². The minimum absolute atomic E-state index is 0.390. The van der Waals surface area contributed by atoms with Gasteiger partial charge in [-0.25, -0.2) is 5.10 Å². The Hall–Kier alpha value is -0.640. The third kappa shape index (κ3) is 12.4. The number of nitrogens with one attached hydrogen (secondary N) is 1. The molecule has 0 aliphatic carbocycles. The van der Waals surface area contributed by atoms with Crippen molar-refractivity contribution >= 4 is 12.2 Å². The number of unbranched alkanes of at least 4 members (excludes halogenated alkanes) is 14. The molecule has 1 rings (SSSR count). The third-order valence-corrected chi connectivity index (χ3v) is 4.65. The summed E-state index contributed by atoms with van der Waals surface area (Å²) in [4.78, 5) is 0.390. The van der Waals surface area contributed by atoms with Crippen LogP contribution < -0.4 is 0 Å². The first-order valence-electron chi connectivity index (χ1n) is 9.87. The SMILES string of the molecule is CCCCCCCCCCCCCCCCCc1n[nH]c(=S)o1. The largest absolute Gasteiger partial charge is 0.414 e. The topological polar surface area (TPSA) is 41.8 Å². The molecular weight excluding hydrogens is 304 g/mol. The molecule has 1 aromatic heterocycles. The van der Waals surface area contributed by atoms with Crippen LogP contribution >= 0.6 is 12.2 Å². The van der Waals surface area contributed by atoms with Crippen LogP contribution in [0.15, 0.2) is 4.42 Å². The fourth-order valence-electron chi connectivity index (χ4n) is 3.02. The quantitative estimate of drug-likeness (QED) is 0.257. The summed E-state index contributed by atoms with van der Waals surface area (Å²) < 4.78 is 5.25. The molecule has 134 valence electrons. The van der Waals surface area contributed by atoms with Crippen LogP contribution in [0.25, 0.3) is 0 Å². The lowest BCUT2D eigenvalue weighted by Gasteiger charge is -2.03. The van der Waals surface area contributed by atoms with Gasteiger partial charge in [0.2, 0.25) is 5.89 Å². The second-order valence-electron chi connectivity index (χ2n) is 6.71. The lowest BCUT2D eigenvalue weighted by molar-refractivity contribution is 0.465. The van der Waals surface area contributed by atoms with Crippen LogP contribution in [0.3, 0.4) is 0 Å². The van der Waals surface area contributed by atoms with E-state index in [9.17, 15) is 0 Å². The van der Waals surface area contributed by atoms with Crippen LogP contribution in [-0.2, 0) is 6.42 Å².